The molecular weight excluding hydrogens is 1300 g/mol. The Morgan fingerprint density at radius 3 is 1.38 bits per heavy atom. The van der Waals surface area contributed by atoms with E-state index < -0.39 is 57.3 Å². The summed E-state index contributed by atoms with van der Waals surface area (Å²) in [5.74, 6) is -6.37. The van der Waals surface area contributed by atoms with Gasteiger partial charge in [0.25, 0.3) is 0 Å². The summed E-state index contributed by atoms with van der Waals surface area (Å²) < 4.78 is 8.87. The molecule has 0 saturated heterocycles. The fourth-order valence-corrected chi connectivity index (χ4v) is 9.50. The number of nitrogens with zero attached hydrogens (tertiary/aromatic N) is 4. The third-order valence-electron chi connectivity index (χ3n) is 11.6. The molecule has 4 heterocycles. The number of carboxylic acids is 5. The monoisotopic (exact) mass is 1350 g/mol. The van der Waals surface area contributed by atoms with Crippen molar-refractivity contribution in [1.82, 2.24) is 18.3 Å². The first-order valence-electron chi connectivity index (χ1n) is 22.5. The maximum Gasteiger partial charge on any atom is 0.341 e. The Balaban J connectivity index is 0.000000318. The maximum absolute atomic E-state index is 11.8. The molecule has 2 aliphatic carbocycles. The second-order valence-corrected chi connectivity index (χ2v) is 22.0. The van der Waals surface area contributed by atoms with Gasteiger partial charge in [0.2, 0.25) is 27.5 Å². The highest BCUT2D eigenvalue weighted by molar-refractivity contribution is 9.12. The molecule has 19 nitrogen and oxygen atoms in total. The second kappa shape index (κ2) is 27.5. The van der Waals surface area contributed by atoms with Crippen molar-refractivity contribution in [1.29, 1.82) is 0 Å². The van der Waals surface area contributed by atoms with Gasteiger partial charge in [0, 0.05) is 71.7 Å². The van der Waals surface area contributed by atoms with Crippen LogP contribution in [-0.2, 0) is 21.7 Å². The Labute approximate surface area is 467 Å². The highest BCUT2D eigenvalue weighted by Gasteiger charge is 2.26. The van der Waals surface area contributed by atoms with Crippen LogP contribution in [0.1, 0.15) is 157 Å². The Morgan fingerprint density at radius 1 is 0.581 bits per heavy atom. The highest BCUT2D eigenvalue weighted by Crippen LogP contribution is 2.32. The molecule has 0 spiro atoms. The predicted octanol–water partition coefficient (Wildman–Crippen LogP) is 10.6. The van der Waals surface area contributed by atoms with Crippen LogP contribution in [0.15, 0.2) is 83.6 Å². The predicted molar refractivity (Wildman–Crippen MR) is 296 cm³/mol. The lowest BCUT2D eigenvalue weighted by Gasteiger charge is -2.27. The van der Waals surface area contributed by atoms with Crippen LogP contribution in [0.25, 0.3) is 0 Å². The maximum atomic E-state index is 11.8. The van der Waals surface area contributed by atoms with Gasteiger partial charge in [-0.3, -0.25) is 24.0 Å². The number of carbonyl (C=O) groups excluding carboxylic acids is 1. The van der Waals surface area contributed by atoms with Crippen molar-refractivity contribution in [2.75, 3.05) is 0 Å². The Bertz CT molecular complexity index is 3200. The first kappa shape index (κ1) is 64.8. The molecule has 5 N–H and O–H groups in total. The van der Waals surface area contributed by atoms with Gasteiger partial charge in [0.05, 0.1) is 22.4 Å². The molecule has 0 aliphatic heterocycles. The first-order chi connectivity index (χ1) is 34.1. The van der Waals surface area contributed by atoms with Crippen molar-refractivity contribution in [3.8, 4) is 0 Å². The summed E-state index contributed by atoms with van der Waals surface area (Å²) >= 11 is 15.6. The number of carbonyl (C=O) groups is 6. The number of aromatic nitrogens is 4. The van der Waals surface area contributed by atoms with Crippen LogP contribution < -0.4 is 21.7 Å². The largest absolute Gasteiger partial charge is 0.478 e. The number of carboxylic acid groups (broad SMARTS) is 5. The average molecular weight is 1350 g/mol. The van der Waals surface area contributed by atoms with Crippen molar-refractivity contribution < 1.29 is 54.3 Å². The van der Waals surface area contributed by atoms with Gasteiger partial charge in [-0.1, -0.05) is 24.5 Å². The summed E-state index contributed by atoms with van der Waals surface area (Å²) in [6.07, 6.45) is 12.0. The number of allylic oxidation sites excluding steroid dienone is 3. The minimum absolute atomic E-state index is 0.111. The molecule has 0 atom stereocenters. The molecule has 74 heavy (non-hydrogen) atoms. The molecule has 6 rings (SSSR count). The third kappa shape index (κ3) is 15.9. The Hall–Kier alpha value is -5.30. The van der Waals surface area contributed by atoms with Gasteiger partial charge in [0.15, 0.2) is 0 Å². The third-order valence-corrected chi connectivity index (χ3v) is 16.4. The molecule has 1 saturated carbocycles. The standard InChI is InChI=1S/C12H14BrNO3.C11H14BrNO3.C10H12BrNO3.C9H10BrNO3.C8H7BrO3/c1-7-10(13)11(15)9(12(16)17)6-14(7)8-4-2-3-5-8;1-6-8(12)9(14)7(10(15)16)5-13(6)11(2,3)4;1-5(2)12-4-7(10(14)15)9(13)8(11)6(12)3;1-3-11-4-6(9(13)14)8(12)7(10)5(11)2;1-4-2-3-5(8(11)12)7(10)6(4)9/h6,8H,2-5H2,1H3,(H,16,17);5H,1-4H3,(H,15,16);4-5H,1-3H3,(H,14,15);4H,3H2,1-2H3,(H,13,14);3H,2H2,1H3,(H,11,12). The lowest BCUT2D eigenvalue weighted by Crippen LogP contribution is -2.29. The lowest BCUT2D eigenvalue weighted by atomic mass is 9.99. The van der Waals surface area contributed by atoms with Crippen LogP contribution in [0.3, 0.4) is 0 Å². The van der Waals surface area contributed by atoms with Gasteiger partial charge in [-0.15, -0.1) is 0 Å². The van der Waals surface area contributed by atoms with Crippen LogP contribution >= 0.6 is 79.6 Å². The van der Waals surface area contributed by atoms with E-state index in [-0.39, 0.29) is 39.4 Å². The van der Waals surface area contributed by atoms with Crippen molar-refractivity contribution in [2.45, 2.75) is 132 Å². The SMILES string of the molecule is CC1=C(Br)C(=O)C(C(=O)O)=CC1.CCn1cc(C(=O)O)c(=O)c(Br)c1C.Cc1c(Br)c(=O)c(C(=O)O)cn1C(C)(C)C.Cc1c(Br)c(=O)c(C(=O)O)cn1C(C)C.Cc1c(Br)c(=O)c(C(=O)O)cn1C1CCCC1. The summed E-state index contributed by atoms with van der Waals surface area (Å²) in [4.78, 5) is 112. The summed E-state index contributed by atoms with van der Waals surface area (Å²) in [6, 6.07) is 0.435. The number of hydrogen-bond acceptors (Lipinski definition) is 10. The normalized spacial score (nSPS) is 13.3. The number of aliphatic carboxylic acids is 1. The molecule has 24 heteroatoms. The van der Waals surface area contributed by atoms with E-state index in [2.05, 4.69) is 79.6 Å². The number of ketones is 1. The van der Waals surface area contributed by atoms with Crippen LogP contribution in [-0.4, -0.2) is 79.4 Å². The van der Waals surface area contributed by atoms with Crippen molar-refractivity contribution in [3.05, 3.63) is 150 Å². The van der Waals surface area contributed by atoms with E-state index in [1.165, 1.54) is 30.9 Å². The smallest absolute Gasteiger partial charge is 0.341 e. The van der Waals surface area contributed by atoms with Crippen LogP contribution in [0.5, 0.6) is 0 Å². The van der Waals surface area contributed by atoms with Crippen LogP contribution in [0.4, 0.5) is 0 Å². The van der Waals surface area contributed by atoms with E-state index in [1.807, 2.05) is 53.0 Å². The second-order valence-electron chi connectivity index (χ2n) is 18.0. The number of rotatable bonds is 8. The van der Waals surface area contributed by atoms with E-state index in [4.69, 9.17) is 25.5 Å². The molecule has 0 radical (unpaired) electrons. The van der Waals surface area contributed by atoms with Crippen LogP contribution in [0, 0.1) is 27.7 Å². The van der Waals surface area contributed by atoms with E-state index in [9.17, 15) is 47.9 Å². The summed E-state index contributed by atoms with van der Waals surface area (Å²) in [5, 5.41) is 44.2. The number of hydrogen-bond donors (Lipinski definition) is 5. The molecule has 1 fully saturated rings. The molecule has 0 amide bonds. The van der Waals surface area contributed by atoms with Crippen molar-refractivity contribution >= 4 is 115 Å². The van der Waals surface area contributed by atoms with Gasteiger partial charge in [-0.2, -0.15) is 0 Å². The molecule has 4 aromatic heterocycles. The van der Waals surface area contributed by atoms with Gasteiger partial charge >= 0.3 is 29.8 Å². The van der Waals surface area contributed by atoms with Gasteiger partial charge in [-0.05, 0) is 175 Å². The quantitative estimate of drug-likeness (QED) is 0.103. The zero-order chi connectivity index (χ0) is 57.2. The first-order valence-corrected chi connectivity index (χ1v) is 26.4. The molecule has 402 valence electrons. The minimum Gasteiger partial charge on any atom is -0.478 e. The average Bonchev–Trinajstić information content (AvgIpc) is 3.85. The molecule has 0 unspecified atom stereocenters. The molecule has 4 aromatic rings. The van der Waals surface area contributed by atoms with E-state index in [0.717, 1.165) is 54.0 Å². The topological polar surface area (TPSA) is 292 Å². The van der Waals surface area contributed by atoms with Gasteiger partial charge in [-0.25, -0.2) is 24.0 Å². The number of Topliss-reactive ketones (excluding diaryl/α,β-unsaturated/α-hetero) is 1. The van der Waals surface area contributed by atoms with E-state index in [0.29, 0.717) is 41.4 Å². The number of aromatic carboxylic acids is 4. The molecule has 0 bridgehead atoms. The van der Waals surface area contributed by atoms with Gasteiger partial charge < -0.3 is 43.8 Å². The van der Waals surface area contributed by atoms with Crippen molar-refractivity contribution in [2.24, 2.45) is 0 Å². The fourth-order valence-electron chi connectivity index (χ4n) is 7.44. The van der Waals surface area contributed by atoms with Gasteiger partial charge in [0.1, 0.15) is 27.8 Å². The zero-order valence-corrected chi connectivity index (χ0v) is 50.2. The van der Waals surface area contributed by atoms with Crippen molar-refractivity contribution in [3.63, 3.8) is 0 Å². The van der Waals surface area contributed by atoms with E-state index in [1.54, 1.807) is 41.4 Å². The summed E-state index contributed by atoms with van der Waals surface area (Å²) in [6.45, 7) is 21.2. The summed E-state index contributed by atoms with van der Waals surface area (Å²) in [5.41, 5.74) is 0.804. The Morgan fingerprint density at radius 2 is 0.973 bits per heavy atom. The highest BCUT2D eigenvalue weighted by atomic mass is 79.9. The molecule has 0 aromatic carbocycles. The zero-order valence-electron chi connectivity index (χ0n) is 42.3. The fraction of sp³-hybridized carbons (Fsp3) is 0.400. The Kier molecular flexibility index (Phi) is 24.1. The molecular formula is C50H57Br5N4O15. The lowest BCUT2D eigenvalue weighted by molar-refractivity contribution is -0.134. The summed E-state index contributed by atoms with van der Waals surface area (Å²) in [7, 11) is 0. The molecule has 2 aliphatic rings. The number of halogens is 5. The van der Waals surface area contributed by atoms with Crippen LogP contribution in [0.2, 0.25) is 0 Å². The number of pyridine rings is 4. The number of aryl methyl sites for hydroxylation is 1. The minimum atomic E-state index is -1.20. The van der Waals surface area contributed by atoms with E-state index >= 15 is 0 Å².